The molecule has 0 amide bonds. The maximum Gasteiger partial charge on any atom is 0.191 e. The van der Waals surface area contributed by atoms with Gasteiger partial charge in [-0.25, -0.2) is 0 Å². The van der Waals surface area contributed by atoms with E-state index in [1.807, 2.05) is 0 Å². The van der Waals surface area contributed by atoms with Crippen molar-refractivity contribution in [2.24, 2.45) is 4.99 Å². The van der Waals surface area contributed by atoms with E-state index in [0.29, 0.717) is 0 Å². The van der Waals surface area contributed by atoms with Crippen LogP contribution in [-0.2, 0) is 6.42 Å². The van der Waals surface area contributed by atoms with Crippen LogP contribution >= 0.6 is 24.0 Å². The lowest BCUT2D eigenvalue weighted by molar-refractivity contribution is 0.313. The summed E-state index contributed by atoms with van der Waals surface area (Å²) in [7, 11) is 0. The minimum absolute atomic E-state index is 0. The molecule has 25 heavy (non-hydrogen) atoms. The van der Waals surface area contributed by atoms with Crippen LogP contribution in [0.25, 0.3) is 10.9 Å². The molecule has 0 aliphatic heterocycles. The molecule has 2 rings (SSSR count). The second-order valence-electron chi connectivity index (χ2n) is 5.82. The van der Waals surface area contributed by atoms with E-state index < -0.39 is 0 Å². The number of rotatable bonds is 9. The summed E-state index contributed by atoms with van der Waals surface area (Å²) < 4.78 is 0. The van der Waals surface area contributed by atoms with Crippen molar-refractivity contribution < 1.29 is 0 Å². The first kappa shape index (κ1) is 21.8. The van der Waals surface area contributed by atoms with Crippen molar-refractivity contribution in [3.8, 4) is 0 Å². The summed E-state index contributed by atoms with van der Waals surface area (Å²) in [5.41, 5.74) is 2.55. The van der Waals surface area contributed by atoms with E-state index in [9.17, 15) is 0 Å². The van der Waals surface area contributed by atoms with Crippen molar-refractivity contribution >= 4 is 40.8 Å². The highest BCUT2D eigenvalue weighted by atomic mass is 127. The number of aromatic amines is 1. The molecular weight excluding hydrogens is 425 g/mol. The van der Waals surface area contributed by atoms with Gasteiger partial charge < -0.3 is 20.5 Å². The number of nitrogens with zero attached hydrogens (tertiary/aromatic N) is 2. The number of hydrogen-bond acceptors (Lipinski definition) is 2. The number of guanidine groups is 1. The van der Waals surface area contributed by atoms with Gasteiger partial charge in [0.2, 0.25) is 0 Å². The number of fused-ring (bicyclic) bond motifs is 1. The number of likely N-dealkylation sites (N-methyl/N-ethyl adjacent to an activating group) is 1. The predicted molar refractivity (Wildman–Crippen MR) is 119 cm³/mol. The first-order chi connectivity index (χ1) is 11.8. The third-order valence-electron chi connectivity index (χ3n) is 4.29. The van der Waals surface area contributed by atoms with E-state index in [2.05, 4.69) is 76.7 Å². The van der Waals surface area contributed by atoms with Gasteiger partial charge in [-0.05, 0) is 38.1 Å². The molecule has 0 saturated heterocycles. The molecule has 0 bridgehead atoms. The summed E-state index contributed by atoms with van der Waals surface area (Å²) in [5.74, 6) is 0.907. The number of nitrogens with one attached hydrogen (secondary N) is 3. The molecule has 0 saturated carbocycles. The largest absolute Gasteiger partial charge is 0.361 e. The van der Waals surface area contributed by atoms with E-state index in [0.717, 1.165) is 51.6 Å². The maximum atomic E-state index is 4.68. The minimum atomic E-state index is 0. The second-order valence-corrected chi connectivity index (χ2v) is 5.82. The molecule has 0 fully saturated rings. The fraction of sp³-hybridized carbons (Fsp3) is 0.526. The minimum Gasteiger partial charge on any atom is -0.361 e. The topological polar surface area (TPSA) is 55.5 Å². The molecule has 5 nitrogen and oxygen atoms in total. The number of halogens is 1. The summed E-state index contributed by atoms with van der Waals surface area (Å²) >= 11 is 0. The van der Waals surface area contributed by atoms with Gasteiger partial charge in [0.15, 0.2) is 5.96 Å². The molecule has 0 unspecified atom stereocenters. The molecule has 6 heteroatoms. The summed E-state index contributed by atoms with van der Waals surface area (Å²) in [5, 5.41) is 8.07. The zero-order chi connectivity index (χ0) is 17.2. The molecule has 1 aromatic heterocycles. The standard InChI is InChI=1S/C19H31N5.HI/c1-4-20-19(22-13-14-24(5-2)6-3)21-12-11-16-15-23-18-10-8-7-9-17(16)18;/h7-10,15,23H,4-6,11-14H2,1-3H3,(H2,20,21,22);1H. The Bertz CT molecular complexity index is 634. The molecule has 0 spiro atoms. The molecule has 3 N–H and O–H groups in total. The fourth-order valence-electron chi connectivity index (χ4n) is 2.84. The van der Waals surface area contributed by atoms with Crippen LogP contribution in [-0.4, -0.2) is 55.1 Å². The molecule has 1 heterocycles. The van der Waals surface area contributed by atoms with Crippen molar-refractivity contribution in [3.05, 3.63) is 36.0 Å². The Balaban J connectivity index is 0.00000312. The summed E-state index contributed by atoms with van der Waals surface area (Å²) in [6.07, 6.45) is 3.08. The number of aliphatic imine (C=N–C) groups is 1. The lowest BCUT2D eigenvalue weighted by Gasteiger charge is -2.17. The third kappa shape index (κ3) is 6.86. The quantitative estimate of drug-likeness (QED) is 0.308. The van der Waals surface area contributed by atoms with Crippen molar-refractivity contribution in [3.63, 3.8) is 0 Å². The molecular formula is C19H32IN5. The van der Waals surface area contributed by atoms with E-state index >= 15 is 0 Å². The Hall–Kier alpha value is -1.28. The summed E-state index contributed by atoms with van der Waals surface area (Å²) in [6, 6.07) is 8.44. The highest BCUT2D eigenvalue weighted by Gasteiger charge is 2.04. The Morgan fingerprint density at radius 3 is 2.60 bits per heavy atom. The summed E-state index contributed by atoms with van der Waals surface area (Å²) in [4.78, 5) is 10.4. The molecule has 0 radical (unpaired) electrons. The smallest absolute Gasteiger partial charge is 0.191 e. The van der Waals surface area contributed by atoms with E-state index in [1.165, 1.54) is 16.5 Å². The zero-order valence-corrected chi connectivity index (χ0v) is 18.0. The molecule has 0 atom stereocenters. The number of benzene rings is 1. The van der Waals surface area contributed by atoms with Gasteiger partial charge in [-0.1, -0.05) is 32.0 Å². The van der Waals surface area contributed by atoms with Crippen LogP contribution in [0.15, 0.2) is 35.5 Å². The lowest BCUT2D eigenvalue weighted by Crippen LogP contribution is -2.39. The molecule has 140 valence electrons. The van der Waals surface area contributed by atoms with Crippen LogP contribution in [0.3, 0.4) is 0 Å². The van der Waals surface area contributed by atoms with Gasteiger partial charge in [0.05, 0.1) is 6.54 Å². The van der Waals surface area contributed by atoms with Crippen LogP contribution in [0.4, 0.5) is 0 Å². The van der Waals surface area contributed by atoms with Crippen LogP contribution in [0.1, 0.15) is 26.3 Å². The first-order valence-electron chi connectivity index (χ1n) is 9.08. The van der Waals surface area contributed by atoms with Crippen molar-refractivity contribution in [2.45, 2.75) is 27.2 Å². The fourth-order valence-corrected chi connectivity index (χ4v) is 2.84. The van der Waals surface area contributed by atoms with Crippen molar-refractivity contribution in [2.75, 3.05) is 39.3 Å². The summed E-state index contributed by atoms with van der Waals surface area (Å²) in [6.45, 7) is 12.2. The number of para-hydroxylation sites is 1. The lowest BCUT2D eigenvalue weighted by atomic mass is 10.1. The van der Waals surface area contributed by atoms with E-state index in [-0.39, 0.29) is 24.0 Å². The van der Waals surface area contributed by atoms with E-state index in [4.69, 9.17) is 0 Å². The second kappa shape index (κ2) is 12.1. The molecule has 0 aliphatic carbocycles. The molecule has 1 aromatic carbocycles. The van der Waals surface area contributed by atoms with Gasteiger partial charge in [-0.2, -0.15) is 0 Å². The SMILES string of the molecule is CCNC(=NCCN(CC)CC)NCCc1c[nH]c2ccccc12.I. The monoisotopic (exact) mass is 457 g/mol. The normalized spacial score (nSPS) is 11.6. The van der Waals surface area contributed by atoms with Crippen LogP contribution in [0, 0.1) is 0 Å². The zero-order valence-electron chi connectivity index (χ0n) is 15.6. The van der Waals surface area contributed by atoms with Crippen molar-refractivity contribution in [1.82, 2.24) is 20.5 Å². The average Bonchev–Trinajstić information content (AvgIpc) is 3.02. The number of H-pyrrole nitrogens is 1. The van der Waals surface area contributed by atoms with Gasteiger partial charge in [-0.3, -0.25) is 4.99 Å². The van der Waals surface area contributed by atoms with Gasteiger partial charge in [0.1, 0.15) is 0 Å². The highest BCUT2D eigenvalue weighted by molar-refractivity contribution is 14.0. The Labute approximate surface area is 168 Å². The van der Waals surface area contributed by atoms with Gasteiger partial charge in [0, 0.05) is 36.7 Å². The molecule has 0 aliphatic rings. The highest BCUT2D eigenvalue weighted by Crippen LogP contribution is 2.17. The average molecular weight is 457 g/mol. The Morgan fingerprint density at radius 1 is 1.12 bits per heavy atom. The molecule has 2 aromatic rings. The van der Waals surface area contributed by atoms with Crippen LogP contribution in [0.2, 0.25) is 0 Å². The first-order valence-corrected chi connectivity index (χ1v) is 9.08. The van der Waals surface area contributed by atoms with Crippen molar-refractivity contribution in [1.29, 1.82) is 0 Å². The van der Waals surface area contributed by atoms with Crippen LogP contribution in [0.5, 0.6) is 0 Å². The third-order valence-corrected chi connectivity index (χ3v) is 4.29. The predicted octanol–water partition coefficient (Wildman–Crippen LogP) is 3.23. The van der Waals surface area contributed by atoms with Gasteiger partial charge in [0.25, 0.3) is 0 Å². The van der Waals surface area contributed by atoms with Gasteiger partial charge in [-0.15, -0.1) is 24.0 Å². The van der Waals surface area contributed by atoms with Gasteiger partial charge >= 0.3 is 0 Å². The Morgan fingerprint density at radius 2 is 1.88 bits per heavy atom. The number of hydrogen-bond donors (Lipinski definition) is 3. The Kier molecular flexibility index (Phi) is 10.6. The number of aromatic nitrogens is 1. The maximum absolute atomic E-state index is 4.68. The van der Waals surface area contributed by atoms with E-state index in [1.54, 1.807) is 0 Å². The van der Waals surface area contributed by atoms with Crippen LogP contribution < -0.4 is 10.6 Å².